The van der Waals surface area contributed by atoms with Gasteiger partial charge in [0, 0.05) is 50.5 Å². The van der Waals surface area contributed by atoms with E-state index in [1.54, 1.807) is 24.3 Å². The Morgan fingerprint density at radius 1 is 1.04 bits per heavy atom. The molecule has 25 heavy (non-hydrogen) atoms. The van der Waals surface area contributed by atoms with Crippen LogP contribution in [-0.2, 0) is 4.79 Å². The summed E-state index contributed by atoms with van der Waals surface area (Å²) in [5.41, 5.74) is 2.49. The van der Waals surface area contributed by atoms with Gasteiger partial charge in [-0.15, -0.1) is 0 Å². The van der Waals surface area contributed by atoms with Crippen LogP contribution < -0.4 is 10.2 Å². The molecule has 1 aliphatic heterocycles. The van der Waals surface area contributed by atoms with Gasteiger partial charge in [-0.2, -0.15) is 5.26 Å². The van der Waals surface area contributed by atoms with E-state index in [-0.39, 0.29) is 5.91 Å². The van der Waals surface area contributed by atoms with Crippen LogP contribution in [0.4, 0.5) is 11.4 Å². The van der Waals surface area contributed by atoms with Crippen LogP contribution in [0.5, 0.6) is 0 Å². The summed E-state index contributed by atoms with van der Waals surface area (Å²) in [5.74, 6) is -0.0134. The Bertz CT molecular complexity index is 746. The summed E-state index contributed by atoms with van der Waals surface area (Å²) in [6.07, 6.45) is 0.460. The van der Waals surface area contributed by atoms with E-state index in [1.165, 1.54) is 5.69 Å². The fourth-order valence-corrected chi connectivity index (χ4v) is 3.02. The van der Waals surface area contributed by atoms with Gasteiger partial charge in [0.15, 0.2) is 0 Å². The van der Waals surface area contributed by atoms with Gasteiger partial charge in [0.1, 0.15) is 0 Å². The van der Waals surface area contributed by atoms with Crippen LogP contribution in [-0.4, -0.2) is 43.5 Å². The molecule has 0 atom stereocenters. The van der Waals surface area contributed by atoms with Gasteiger partial charge in [-0.25, -0.2) is 0 Å². The summed E-state index contributed by atoms with van der Waals surface area (Å²) in [4.78, 5) is 16.8. The molecule has 1 fully saturated rings. The first kappa shape index (κ1) is 17.0. The van der Waals surface area contributed by atoms with Crippen molar-refractivity contribution in [2.24, 2.45) is 0 Å². The molecule has 1 N–H and O–H groups in total. The molecule has 5 nitrogen and oxygen atoms in total. The lowest BCUT2D eigenvalue weighted by Gasteiger charge is -2.36. The quantitative estimate of drug-likeness (QED) is 0.913. The van der Waals surface area contributed by atoms with Crippen LogP contribution in [0.2, 0.25) is 0 Å². The maximum Gasteiger partial charge on any atom is 0.225 e. The monoisotopic (exact) mass is 334 g/mol. The maximum absolute atomic E-state index is 12.1. The number of carbonyl (C=O) groups excluding carboxylic acids is 1. The summed E-state index contributed by atoms with van der Waals surface area (Å²) in [6.45, 7) is 4.65. The lowest BCUT2D eigenvalue weighted by atomic mass is 10.2. The molecule has 2 aromatic rings. The number of rotatable bonds is 5. The molecule has 0 spiro atoms. The minimum atomic E-state index is -0.0134. The number of nitrogens with zero attached hydrogens (tertiary/aromatic N) is 3. The molecule has 0 bridgehead atoms. The van der Waals surface area contributed by atoms with Gasteiger partial charge in [0.25, 0.3) is 0 Å². The van der Waals surface area contributed by atoms with Gasteiger partial charge < -0.3 is 10.2 Å². The fourth-order valence-electron chi connectivity index (χ4n) is 3.02. The van der Waals surface area contributed by atoms with E-state index < -0.39 is 0 Å². The van der Waals surface area contributed by atoms with Crippen LogP contribution in [0, 0.1) is 11.3 Å². The fraction of sp³-hybridized carbons (Fsp3) is 0.300. The van der Waals surface area contributed by atoms with Crippen molar-refractivity contribution in [2.45, 2.75) is 6.42 Å². The van der Waals surface area contributed by atoms with Crippen molar-refractivity contribution in [3.05, 3.63) is 60.2 Å². The van der Waals surface area contributed by atoms with Crippen molar-refractivity contribution in [3.63, 3.8) is 0 Å². The average Bonchev–Trinajstić information content (AvgIpc) is 2.67. The molecule has 128 valence electrons. The van der Waals surface area contributed by atoms with Crippen molar-refractivity contribution in [3.8, 4) is 6.07 Å². The molecule has 2 aromatic carbocycles. The second-order valence-corrected chi connectivity index (χ2v) is 6.16. The van der Waals surface area contributed by atoms with Crippen LogP contribution in [0.3, 0.4) is 0 Å². The number of benzene rings is 2. The minimum absolute atomic E-state index is 0.0134. The van der Waals surface area contributed by atoms with Gasteiger partial charge in [0.05, 0.1) is 11.6 Å². The number of nitriles is 1. The number of piperazine rings is 1. The maximum atomic E-state index is 12.1. The van der Waals surface area contributed by atoms with E-state index in [9.17, 15) is 4.79 Å². The summed E-state index contributed by atoms with van der Waals surface area (Å²) in [7, 11) is 0. The van der Waals surface area contributed by atoms with Gasteiger partial charge in [-0.3, -0.25) is 9.69 Å². The molecule has 1 heterocycles. The van der Waals surface area contributed by atoms with Crippen LogP contribution in [0.15, 0.2) is 54.6 Å². The summed E-state index contributed by atoms with van der Waals surface area (Å²) in [5, 5.41) is 11.8. The molecule has 1 amide bonds. The third-order valence-electron chi connectivity index (χ3n) is 4.42. The first-order valence-corrected chi connectivity index (χ1v) is 8.57. The zero-order valence-electron chi connectivity index (χ0n) is 14.2. The van der Waals surface area contributed by atoms with Crippen molar-refractivity contribution < 1.29 is 4.79 Å². The Morgan fingerprint density at radius 3 is 2.52 bits per heavy atom. The topological polar surface area (TPSA) is 59.4 Å². The number of carbonyl (C=O) groups is 1. The molecular weight excluding hydrogens is 312 g/mol. The Kier molecular flexibility index (Phi) is 5.65. The summed E-state index contributed by atoms with van der Waals surface area (Å²) < 4.78 is 0. The second kappa shape index (κ2) is 8.32. The van der Waals surface area contributed by atoms with Crippen molar-refractivity contribution >= 4 is 17.3 Å². The number of hydrogen-bond donors (Lipinski definition) is 1. The van der Waals surface area contributed by atoms with E-state index in [0.29, 0.717) is 17.7 Å². The molecule has 0 saturated carbocycles. The van der Waals surface area contributed by atoms with Gasteiger partial charge in [0.2, 0.25) is 5.91 Å². The zero-order valence-corrected chi connectivity index (χ0v) is 14.2. The number of nitrogens with one attached hydrogen (secondary N) is 1. The number of hydrogen-bond acceptors (Lipinski definition) is 4. The lowest BCUT2D eigenvalue weighted by molar-refractivity contribution is -0.116. The van der Waals surface area contributed by atoms with Gasteiger partial charge in [-0.1, -0.05) is 24.3 Å². The first-order valence-electron chi connectivity index (χ1n) is 8.57. The number of para-hydroxylation sites is 1. The minimum Gasteiger partial charge on any atom is -0.369 e. The number of amides is 1. The highest BCUT2D eigenvalue weighted by Gasteiger charge is 2.17. The molecule has 0 aliphatic carbocycles. The van der Waals surface area contributed by atoms with E-state index in [4.69, 9.17) is 5.26 Å². The largest absolute Gasteiger partial charge is 0.369 e. The highest BCUT2D eigenvalue weighted by Crippen LogP contribution is 2.16. The Balaban J connectivity index is 1.42. The highest BCUT2D eigenvalue weighted by atomic mass is 16.1. The molecule has 0 radical (unpaired) electrons. The Hall–Kier alpha value is -2.84. The molecule has 0 aromatic heterocycles. The van der Waals surface area contributed by atoms with E-state index in [2.05, 4.69) is 45.5 Å². The van der Waals surface area contributed by atoms with Gasteiger partial charge in [-0.05, 0) is 30.3 Å². The standard InChI is InChI=1S/C20H22N4O/c21-16-17-5-4-6-18(15-17)22-20(25)9-10-23-11-13-24(14-12-23)19-7-2-1-3-8-19/h1-8,15H,9-14H2,(H,22,25). The third kappa shape index (κ3) is 4.82. The number of anilines is 2. The lowest BCUT2D eigenvalue weighted by Crippen LogP contribution is -2.47. The molecule has 0 unspecified atom stereocenters. The van der Waals surface area contributed by atoms with Crippen LogP contribution in [0.1, 0.15) is 12.0 Å². The molecule has 1 aliphatic rings. The Morgan fingerprint density at radius 2 is 1.80 bits per heavy atom. The molecule has 3 rings (SSSR count). The SMILES string of the molecule is N#Cc1cccc(NC(=O)CCN2CCN(c3ccccc3)CC2)c1. The van der Waals surface area contributed by atoms with Crippen molar-refractivity contribution in [1.29, 1.82) is 5.26 Å². The zero-order chi connectivity index (χ0) is 17.5. The molecule has 1 saturated heterocycles. The van der Waals surface area contributed by atoms with Crippen molar-refractivity contribution in [2.75, 3.05) is 42.9 Å². The van der Waals surface area contributed by atoms with Crippen LogP contribution >= 0.6 is 0 Å². The van der Waals surface area contributed by atoms with Gasteiger partial charge >= 0.3 is 0 Å². The summed E-state index contributed by atoms with van der Waals surface area (Å²) in [6, 6.07) is 19.5. The second-order valence-electron chi connectivity index (χ2n) is 6.16. The Labute approximate surface area is 148 Å². The predicted octanol–water partition coefficient (Wildman–Crippen LogP) is 2.71. The average molecular weight is 334 g/mol. The molecular formula is C20H22N4O. The van der Waals surface area contributed by atoms with Crippen LogP contribution in [0.25, 0.3) is 0 Å². The smallest absolute Gasteiger partial charge is 0.225 e. The summed E-state index contributed by atoms with van der Waals surface area (Å²) >= 11 is 0. The van der Waals surface area contributed by atoms with E-state index in [0.717, 1.165) is 32.7 Å². The van der Waals surface area contributed by atoms with Crippen molar-refractivity contribution in [1.82, 2.24) is 4.90 Å². The normalized spacial score (nSPS) is 14.8. The first-order chi connectivity index (χ1) is 12.2. The third-order valence-corrected chi connectivity index (χ3v) is 4.42. The highest BCUT2D eigenvalue weighted by molar-refractivity contribution is 5.90. The van der Waals surface area contributed by atoms with E-state index >= 15 is 0 Å². The molecule has 5 heteroatoms. The predicted molar refractivity (Wildman–Crippen MR) is 99.5 cm³/mol. The van der Waals surface area contributed by atoms with E-state index in [1.807, 2.05) is 6.07 Å².